The highest BCUT2D eigenvalue weighted by molar-refractivity contribution is 7.52. The van der Waals surface area contributed by atoms with Crippen LogP contribution in [0.25, 0.3) is 44.4 Å². The Morgan fingerprint density at radius 2 is 1.44 bits per heavy atom. The topological polar surface area (TPSA) is 302 Å². The second-order valence-corrected chi connectivity index (χ2v) is 30.2. The van der Waals surface area contributed by atoms with E-state index >= 15 is 13.2 Å². The largest absolute Gasteiger partial charge is 0.462 e. The number of carbonyl (C=O) groups excluding carboxylic acids is 7. The summed E-state index contributed by atoms with van der Waals surface area (Å²) in [7, 11) is -1.74. The number of hydrogen-bond donors (Lipinski definition) is 6. The van der Waals surface area contributed by atoms with Crippen molar-refractivity contribution in [3.8, 4) is 39.3 Å². The monoisotopic (exact) mass is 1420 g/mol. The van der Waals surface area contributed by atoms with Gasteiger partial charge < -0.3 is 59.0 Å². The van der Waals surface area contributed by atoms with Gasteiger partial charge in [-0.1, -0.05) is 82.3 Å². The van der Waals surface area contributed by atoms with Gasteiger partial charge in [-0.05, 0) is 160 Å². The van der Waals surface area contributed by atoms with Crippen molar-refractivity contribution in [1.29, 1.82) is 0 Å². The van der Waals surface area contributed by atoms with Crippen molar-refractivity contribution in [3.05, 3.63) is 132 Å². The number of halogens is 3. The van der Waals surface area contributed by atoms with Gasteiger partial charge in [0.1, 0.15) is 41.9 Å². The minimum absolute atomic E-state index is 0.0133. The second kappa shape index (κ2) is 28.2. The first-order valence-electron chi connectivity index (χ1n) is 34.1. The molecule has 538 valence electrons. The van der Waals surface area contributed by atoms with Crippen molar-refractivity contribution in [2.24, 2.45) is 23.2 Å². The van der Waals surface area contributed by atoms with Gasteiger partial charge in [-0.2, -0.15) is 13.9 Å². The summed E-state index contributed by atoms with van der Waals surface area (Å²) in [4.78, 5) is 105. The summed E-state index contributed by atoms with van der Waals surface area (Å²) < 4.78 is 93.7. The molecule has 2 aromatic heterocycles. The number of aromatic amines is 2. The average molecular weight is 1420 g/mol. The number of carbonyl (C=O) groups is 7. The number of aromatic nitrogens is 3. The number of aliphatic hydroxyl groups excluding tert-OH is 1. The maximum atomic E-state index is 16.7. The van der Waals surface area contributed by atoms with Crippen LogP contribution in [0.15, 0.2) is 109 Å². The first-order valence-corrected chi connectivity index (χ1v) is 35.7. The first kappa shape index (κ1) is 71.9. The van der Waals surface area contributed by atoms with Crippen LogP contribution in [0.1, 0.15) is 135 Å². The van der Waals surface area contributed by atoms with E-state index in [0.29, 0.717) is 40.3 Å². The Labute approximate surface area is 582 Å². The number of para-hydroxylation sites is 1. The predicted octanol–water partition coefficient (Wildman–Crippen LogP) is 11.5. The third-order valence-electron chi connectivity index (χ3n) is 20.3. The minimum Gasteiger partial charge on any atom is -0.462 e. The lowest BCUT2D eigenvalue weighted by molar-refractivity contribution is -0.151. The van der Waals surface area contributed by atoms with E-state index in [1.54, 1.807) is 61.3 Å². The van der Waals surface area contributed by atoms with E-state index in [-0.39, 0.29) is 70.0 Å². The number of nitrogens with zero attached hydrogens (tertiary/aromatic N) is 4. The van der Waals surface area contributed by atoms with Crippen LogP contribution in [0.2, 0.25) is 0 Å². The van der Waals surface area contributed by atoms with Crippen molar-refractivity contribution in [3.63, 3.8) is 0 Å². The number of amides is 5. The standard InChI is InChI=1S/C50H55F2N7O6.C23H30FN2O9P/c1-25(2)41(56-47(62)64-5)45(60)58-24-49(15-16-49)22-40(58)44-53-23-39(55-44)29-11-14-34-33-13-10-27(18-35(33)50(51,52)36(34)19-29)28-7-8-30-21-38(54-37(30)20-28)43-31-9-12-32(17-31)59(43)46(61)42(26(3)4)57-48(63)65-6;1-14(2)33-21(30)15(3)25-36(31,35-17-8-6-5-7-9-17)32-13-18-20(29)23(4,24)22(34-18)26-11-10-16(27)12-19(26)28/h7-8,10-11,13-14,18-21,23,25-26,31-32,40-43,54H,9,12,15-17,22,24H2,1-6H3,(H,53,55)(H,56,62)(H,57,63);5-11,14-15,18,20,22,29H,12-13H2,1-4H3,(H,25,31)/t31-,32+,40-,41-,42-,43?;15-,18+,20+,22?,23+,36-/m00/s1. The van der Waals surface area contributed by atoms with E-state index < -0.39 is 105 Å². The number of aliphatic hydroxyl groups is 1. The van der Waals surface area contributed by atoms with Gasteiger partial charge in [-0.25, -0.2) is 23.5 Å². The summed E-state index contributed by atoms with van der Waals surface area (Å²) in [5, 5.41) is 19.5. The Balaban J connectivity index is 0.000000227. The van der Waals surface area contributed by atoms with Gasteiger partial charge in [0.15, 0.2) is 17.7 Å². The van der Waals surface area contributed by atoms with E-state index in [9.17, 15) is 43.2 Å². The maximum Gasteiger partial charge on any atom is 0.459 e. The molecule has 6 heterocycles. The van der Waals surface area contributed by atoms with E-state index in [1.165, 1.54) is 39.3 Å². The summed E-state index contributed by atoms with van der Waals surface area (Å²) in [6.07, 6.45) is 2.52. The lowest BCUT2D eigenvalue weighted by Gasteiger charge is -2.38. The number of nitrogens with one attached hydrogen (secondary N) is 5. The molecule has 13 rings (SSSR count). The number of H-pyrrole nitrogens is 2. The predicted molar refractivity (Wildman–Crippen MR) is 364 cm³/mol. The molecular formula is C73H85F3N9O15P. The molecule has 7 aliphatic rings. The Bertz CT molecular complexity index is 4270. The first-order chi connectivity index (χ1) is 47.9. The van der Waals surface area contributed by atoms with Crippen molar-refractivity contribution in [2.75, 3.05) is 27.4 Å². The number of ketones is 1. The number of fused-ring (bicyclic) bond motifs is 6. The number of alkyl carbamates (subject to hydrolysis) is 2. The van der Waals surface area contributed by atoms with Crippen LogP contribution in [0.4, 0.5) is 22.8 Å². The number of imidazole rings is 1. The Morgan fingerprint density at radius 3 is 2.07 bits per heavy atom. The Morgan fingerprint density at radius 1 is 0.802 bits per heavy atom. The zero-order chi connectivity index (χ0) is 72.4. The van der Waals surface area contributed by atoms with Crippen LogP contribution >= 0.6 is 7.75 Å². The molecule has 2 saturated carbocycles. The highest BCUT2D eigenvalue weighted by Gasteiger charge is 2.59. The fourth-order valence-electron chi connectivity index (χ4n) is 14.8. The number of ether oxygens (including phenoxy) is 4. The van der Waals surface area contributed by atoms with Gasteiger partial charge in [0.2, 0.25) is 17.7 Å². The molecule has 12 atom stereocenters. The molecule has 6 aromatic rings. The number of allylic oxidation sites excluding steroid dienone is 1. The van der Waals surface area contributed by atoms with Gasteiger partial charge in [-0.3, -0.25) is 33.4 Å². The average Bonchev–Trinajstić information content (AvgIpc) is 1.59. The third-order valence-corrected chi connectivity index (χ3v) is 22.0. The van der Waals surface area contributed by atoms with E-state index in [2.05, 4.69) is 31.8 Å². The normalized spacial score (nSPS) is 25.0. The number of methoxy groups -OCH3 is 2. The molecule has 24 nitrogen and oxygen atoms in total. The van der Waals surface area contributed by atoms with Gasteiger partial charge in [0.25, 0.3) is 5.92 Å². The number of piperidine rings is 1. The molecule has 5 fully saturated rings. The third kappa shape index (κ3) is 14.4. The van der Waals surface area contributed by atoms with Crippen LogP contribution in [0.5, 0.6) is 5.75 Å². The highest BCUT2D eigenvalue weighted by Crippen LogP contribution is 2.59. The SMILES string of the molecule is CC(C)OC(=O)[C@H](C)N[P@](=O)(OC[C@H]1OC(N2C=CC(=O)CC2=O)[C@](C)(F)[C@@H]1O)Oc1ccccc1.COC(=O)N[C@H](C(=O)N1CC2(CC2)C[C@H]1c1ncc(-c2ccc3c(c2)C(F)(F)c2cc(-c4ccc5cc(C6[C@H]7CC[C@H](C7)N6C(=O)[C@@H](NC(=O)OC)C(C)C)[nH]c5c4)ccc2-3)[nH]1)C(C)C. The van der Waals surface area contributed by atoms with Crippen LogP contribution in [-0.2, 0) is 57.9 Å². The number of hydrogen-bond acceptors (Lipinski definition) is 16. The number of likely N-dealkylation sites (tertiary alicyclic amines) is 2. The number of esters is 1. The van der Waals surface area contributed by atoms with Crippen molar-refractivity contribution >= 4 is 60.3 Å². The van der Waals surface area contributed by atoms with Gasteiger partial charge in [0.05, 0.1) is 57.3 Å². The molecule has 101 heavy (non-hydrogen) atoms. The van der Waals surface area contributed by atoms with Crippen molar-refractivity contribution < 1.29 is 84.4 Å². The maximum absolute atomic E-state index is 16.7. The molecule has 5 amide bonds. The van der Waals surface area contributed by atoms with Crippen molar-refractivity contribution in [1.82, 2.24) is 45.4 Å². The molecule has 3 aliphatic carbocycles. The number of rotatable bonds is 20. The van der Waals surface area contributed by atoms with E-state index in [0.717, 1.165) is 84.8 Å². The second-order valence-electron chi connectivity index (χ2n) is 28.5. The molecule has 3 saturated heterocycles. The van der Waals surface area contributed by atoms with Crippen LogP contribution in [0.3, 0.4) is 0 Å². The number of benzene rings is 4. The summed E-state index contributed by atoms with van der Waals surface area (Å²) in [5.74, 6) is -4.73. The smallest absolute Gasteiger partial charge is 0.459 e. The van der Waals surface area contributed by atoms with Gasteiger partial charge in [-0.15, -0.1) is 0 Å². The molecule has 1 spiro atoms. The Hall–Kier alpha value is -8.88. The van der Waals surface area contributed by atoms with E-state index in [1.807, 2.05) is 62.9 Å². The van der Waals surface area contributed by atoms with Crippen LogP contribution in [-0.4, -0.2) is 158 Å². The summed E-state index contributed by atoms with van der Waals surface area (Å²) in [5.41, 5.74) is 2.69. The summed E-state index contributed by atoms with van der Waals surface area (Å²) in [6, 6.07) is 23.3. The minimum atomic E-state index is -4.29. The fraction of sp³-hybridized carbons (Fsp3) is 0.479. The molecule has 0 radical (unpaired) electrons. The van der Waals surface area contributed by atoms with E-state index in [4.69, 9.17) is 33.0 Å². The van der Waals surface area contributed by atoms with Gasteiger partial charge in [0, 0.05) is 46.7 Å². The zero-order valence-corrected chi connectivity index (χ0v) is 58.7. The van der Waals surface area contributed by atoms with Crippen molar-refractivity contribution in [2.45, 2.75) is 173 Å². The molecule has 2 bridgehead atoms. The summed E-state index contributed by atoms with van der Waals surface area (Å²) in [6.45, 7) is 13.3. The van der Waals surface area contributed by atoms with Gasteiger partial charge >= 0.3 is 25.9 Å². The molecule has 2 unspecified atom stereocenters. The molecule has 4 aliphatic heterocycles. The van der Waals surface area contributed by atoms with Crippen LogP contribution < -0.4 is 20.2 Å². The number of alkyl halides is 3. The lowest BCUT2D eigenvalue weighted by Crippen LogP contribution is -2.53. The zero-order valence-electron chi connectivity index (χ0n) is 57.8. The highest BCUT2D eigenvalue weighted by atomic mass is 31.2. The quantitative estimate of drug-likeness (QED) is 0.0179. The summed E-state index contributed by atoms with van der Waals surface area (Å²) >= 11 is 0. The molecule has 4 aromatic carbocycles. The molecule has 6 N–H and O–H groups in total. The lowest BCUT2D eigenvalue weighted by atomic mass is 9.94. The fourth-order valence-corrected chi connectivity index (χ4v) is 16.3. The molecule has 28 heteroatoms. The van der Waals surface area contributed by atoms with Crippen LogP contribution in [0, 0.1) is 23.2 Å². The Kier molecular flexibility index (Phi) is 20.1. The molecular weight excluding hydrogens is 1330 g/mol.